The van der Waals surface area contributed by atoms with Crippen LogP contribution < -0.4 is 10.6 Å². The summed E-state index contributed by atoms with van der Waals surface area (Å²) in [4.78, 5) is 27.9. The number of hydrogen-bond acceptors (Lipinski definition) is 5. The molecule has 0 bridgehead atoms. The first-order valence-electron chi connectivity index (χ1n) is 8.92. The normalized spacial score (nSPS) is 12.8. The maximum atomic E-state index is 13.0. The molecule has 7 nitrogen and oxygen atoms in total. The molecule has 0 aliphatic rings. The highest BCUT2D eigenvalue weighted by molar-refractivity contribution is 6.32. The number of aromatic nitrogens is 1. The number of carbonyl (C=O) groups is 1. The Hall–Kier alpha value is -3.29. The van der Waals surface area contributed by atoms with Gasteiger partial charge in [-0.1, -0.05) is 48.0 Å². The predicted octanol–water partition coefficient (Wildman–Crippen LogP) is 4.67. The predicted molar refractivity (Wildman–Crippen MR) is 112 cm³/mol. The largest absolute Gasteiger partial charge is 0.324 e. The third-order valence-electron chi connectivity index (χ3n) is 4.35. The van der Waals surface area contributed by atoms with E-state index in [9.17, 15) is 14.9 Å². The van der Waals surface area contributed by atoms with Gasteiger partial charge in [-0.25, -0.2) is 0 Å². The molecular weight excluding hydrogens is 392 g/mol. The van der Waals surface area contributed by atoms with Crippen LogP contribution in [0.1, 0.15) is 30.3 Å². The molecule has 2 N–H and O–H groups in total. The summed E-state index contributed by atoms with van der Waals surface area (Å²) in [6.07, 6.45) is 1.69. The van der Waals surface area contributed by atoms with Gasteiger partial charge >= 0.3 is 0 Å². The number of rotatable bonds is 7. The number of nitro benzene ring substituents is 1. The molecule has 2 atom stereocenters. The van der Waals surface area contributed by atoms with Crippen LogP contribution in [0.4, 0.5) is 11.4 Å². The van der Waals surface area contributed by atoms with E-state index < -0.39 is 11.0 Å². The molecule has 0 saturated heterocycles. The topological polar surface area (TPSA) is 97.2 Å². The molecule has 0 aliphatic heterocycles. The third kappa shape index (κ3) is 5.16. The molecule has 1 heterocycles. The molecule has 0 fully saturated rings. The van der Waals surface area contributed by atoms with Gasteiger partial charge in [0.1, 0.15) is 11.1 Å². The highest BCUT2D eigenvalue weighted by atomic mass is 35.5. The second kappa shape index (κ2) is 9.27. The molecule has 2 unspecified atom stereocenters. The number of anilines is 1. The number of benzene rings is 2. The van der Waals surface area contributed by atoms with Crippen molar-refractivity contribution in [2.24, 2.45) is 0 Å². The molecule has 8 heteroatoms. The van der Waals surface area contributed by atoms with Crippen molar-refractivity contribution in [3.63, 3.8) is 0 Å². The van der Waals surface area contributed by atoms with E-state index in [0.29, 0.717) is 5.69 Å². The Labute approximate surface area is 172 Å². The van der Waals surface area contributed by atoms with E-state index >= 15 is 0 Å². The summed E-state index contributed by atoms with van der Waals surface area (Å²) in [5.41, 5.74) is 1.58. The smallest absolute Gasteiger partial charge is 0.289 e. The Balaban J connectivity index is 1.85. The zero-order chi connectivity index (χ0) is 20.8. The minimum atomic E-state index is -0.692. The van der Waals surface area contributed by atoms with E-state index in [4.69, 9.17) is 11.6 Å². The molecule has 0 spiro atoms. The summed E-state index contributed by atoms with van der Waals surface area (Å²) in [6.45, 7) is 1.92. The lowest BCUT2D eigenvalue weighted by Gasteiger charge is -2.23. The van der Waals surface area contributed by atoms with Gasteiger partial charge in [0.25, 0.3) is 5.69 Å². The summed E-state index contributed by atoms with van der Waals surface area (Å²) in [5.74, 6) is -0.351. The van der Waals surface area contributed by atoms with Gasteiger partial charge in [-0.05, 0) is 36.8 Å². The van der Waals surface area contributed by atoms with Crippen molar-refractivity contribution in [2.75, 3.05) is 5.32 Å². The third-order valence-corrected chi connectivity index (χ3v) is 4.67. The van der Waals surface area contributed by atoms with Crippen LogP contribution in [0.3, 0.4) is 0 Å². The van der Waals surface area contributed by atoms with Crippen molar-refractivity contribution >= 4 is 28.9 Å². The van der Waals surface area contributed by atoms with E-state index in [0.717, 1.165) is 11.3 Å². The Morgan fingerprint density at radius 2 is 1.83 bits per heavy atom. The van der Waals surface area contributed by atoms with Gasteiger partial charge in [0.2, 0.25) is 5.91 Å². The number of carbonyl (C=O) groups excluding carboxylic acids is 1. The van der Waals surface area contributed by atoms with Crippen LogP contribution >= 0.6 is 11.6 Å². The Bertz CT molecular complexity index is 999. The lowest BCUT2D eigenvalue weighted by Crippen LogP contribution is -2.35. The standard InChI is InChI=1S/C21H19ClN4O3/c1-14(18-9-5-6-12-23-18)24-20(15-7-3-2-4-8-15)21(27)25-16-10-11-17(22)19(13-16)26(28)29/h2-14,20,24H,1H3,(H,25,27). The molecule has 29 heavy (non-hydrogen) atoms. The number of hydrogen-bond donors (Lipinski definition) is 2. The summed E-state index contributed by atoms with van der Waals surface area (Å²) in [5, 5.41) is 17.1. The van der Waals surface area contributed by atoms with E-state index in [1.165, 1.54) is 18.2 Å². The molecule has 3 aromatic rings. The SMILES string of the molecule is CC(NC(C(=O)Nc1ccc(Cl)c([N+](=O)[O-])c1)c1ccccc1)c1ccccn1. The minimum Gasteiger partial charge on any atom is -0.324 e. The fourth-order valence-electron chi connectivity index (χ4n) is 2.88. The lowest BCUT2D eigenvalue weighted by molar-refractivity contribution is -0.384. The summed E-state index contributed by atoms with van der Waals surface area (Å²) in [6, 6.07) is 18.1. The van der Waals surface area contributed by atoms with Crippen molar-refractivity contribution in [1.82, 2.24) is 10.3 Å². The van der Waals surface area contributed by atoms with Crippen LogP contribution in [0.2, 0.25) is 5.02 Å². The second-order valence-corrected chi connectivity index (χ2v) is 6.81. The molecule has 0 saturated carbocycles. The van der Waals surface area contributed by atoms with Gasteiger partial charge in [-0.3, -0.25) is 25.2 Å². The zero-order valence-electron chi connectivity index (χ0n) is 15.6. The monoisotopic (exact) mass is 410 g/mol. The molecule has 0 radical (unpaired) electrons. The number of amides is 1. The van der Waals surface area contributed by atoms with E-state index in [-0.39, 0.29) is 22.7 Å². The first-order valence-corrected chi connectivity index (χ1v) is 9.30. The van der Waals surface area contributed by atoms with Crippen molar-refractivity contribution in [3.05, 3.63) is 99.3 Å². The molecule has 2 aromatic carbocycles. The van der Waals surface area contributed by atoms with Gasteiger partial charge in [0.05, 0.1) is 10.6 Å². The molecular formula is C21H19ClN4O3. The number of nitro groups is 1. The van der Waals surface area contributed by atoms with Crippen LogP contribution in [0.25, 0.3) is 0 Å². The van der Waals surface area contributed by atoms with Gasteiger partial charge in [-0.15, -0.1) is 0 Å². The Kier molecular flexibility index (Phi) is 6.54. The summed E-state index contributed by atoms with van der Waals surface area (Å²) < 4.78 is 0. The van der Waals surface area contributed by atoms with Gasteiger partial charge in [0.15, 0.2) is 0 Å². The van der Waals surface area contributed by atoms with Crippen LogP contribution in [-0.4, -0.2) is 15.8 Å². The average molecular weight is 411 g/mol. The van der Waals surface area contributed by atoms with Crippen molar-refractivity contribution < 1.29 is 9.72 Å². The van der Waals surface area contributed by atoms with Gasteiger partial charge in [-0.2, -0.15) is 0 Å². The van der Waals surface area contributed by atoms with Crippen molar-refractivity contribution in [3.8, 4) is 0 Å². The minimum absolute atomic E-state index is 0.00880. The fourth-order valence-corrected chi connectivity index (χ4v) is 3.07. The number of halogens is 1. The van der Waals surface area contributed by atoms with Crippen LogP contribution in [-0.2, 0) is 4.79 Å². The summed E-state index contributed by atoms with van der Waals surface area (Å²) >= 11 is 5.85. The maximum Gasteiger partial charge on any atom is 0.289 e. The molecule has 0 aliphatic carbocycles. The van der Waals surface area contributed by atoms with Crippen LogP contribution in [0.15, 0.2) is 72.9 Å². The Morgan fingerprint density at radius 1 is 1.10 bits per heavy atom. The first kappa shape index (κ1) is 20.4. The Morgan fingerprint density at radius 3 is 2.48 bits per heavy atom. The first-order chi connectivity index (χ1) is 14.0. The highest BCUT2D eigenvalue weighted by Crippen LogP contribution is 2.28. The van der Waals surface area contributed by atoms with Gasteiger partial charge < -0.3 is 5.32 Å². The number of nitrogens with zero attached hydrogens (tertiary/aromatic N) is 2. The van der Waals surface area contributed by atoms with Crippen molar-refractivity contribution in [2.45, 2.75) is 19.0 Å². The molecule has 148 valence electrons. The van der Waals surface area contributed by atoms with Crippen LogP contribution in [0, 0.1) is 10.1 Å². The number of pyridine rings is 1. The van der Waals surface area contributed by atoms with Gasteiger partial charge in [0, 0.05) is 24.0 Å². The lowest BCUT2D eigenvalue weighted by atomic mass is 10.0. The summed E-state index contributed by atoms with van der Waals surface area (Å²) in [7, 11) is 0. The highest BCUT2D eigenvalue weighted by Gasteiger charge is 2.24. The second-order valence-electron chi connectivity index (χ2n) is 6.40. The fraction of sp³-hybridized carbons (Fsp3) is 0.143. The van der Waals surface area contributed by atoms with E-state index in [2.05, 4.69) is 15.6 Å². The molecule has 3 rings (SSSR count). The zero-order valence-corrected chi connectivity index (χ0v) is 16.3. The average Bonchev–Trinajstić information content (AvgIpc) is 2.74. The maximum absolute atomic E-state index is 13.0. The van der Waals surface area contributed by atoms with E-state index in [1.54, 1.807) is 6.20 Å². The molecule has 1 aromatic heterocycles. The molecule has 1 amide bonds. The quantitative estimate of drug-likeness (QED) is 0.435. The van der Waals surface area contributed by atoms with Crippen LogP contribution in [0.5, 0.6) is 0 Å². The number of nitrogens with one attached hydrogen (secondary N) is 2. The van der Waals surface area contributed by atoms with Crippen molar-refractivity contribution in [1.29, 1.82) is 0 Å². The van der Waals surface area contributed by atoms with E-state index in [1.807, 2.05) is 55.5 Å².